The number of rotatable bonds is 5. The van der Waals surface area contributed by atoms with Crippen molar-refractivity contribution >= 4 is 11.6 Å². The van der Waals surface area contributed by atoms with Gasteiger partial charge in [0, 0.05) is 11.1 Å². The maximum atomic E-state index is 6.10. The molecule has 0 bridgehead atoms. The first kappa shape index (κ1) is 13.7. The fourth-order valence-corrected chi connectivity index (χ4v) is 2.79. The van der Waals surface area contributed by atoms with E-state index in [9.17, 15) is 0 Å². The average molecular weight is 268 g/mol. The normalized spacial score (nSPS) is 22.9. The highest BCUT2D eigenvalue weighted by molar-refractivity contribution is 6.30. The van der Waals surface area contributed by atoms with E-state index in [1.807, 2.05) is 12.1 Å². The smallest absolute Gasteiger partial charge is 0.122 e. The van der Waals surface area contributed by atoms with Gasteiger partial charge >= 0.3 is 0 Å². The van der Waals surface area contributed by atoms with Crippen LogP contribution in [0.4, 0.5) is 0 Å². The first-order chi connectivity index (χ1) is 8.61. The third-order valence-corrected chi connectivity index (χ3v) is 4.03. The zero-order valence-electron chi connectivity index (χ0n) is 11.4. The Morgan fingerprint density at radius 2 is 2.17 bits per heavy atom. The van der Waals surface area contributed by atoms with Crippen molar-refractivity contribution in [3.05, 3.63) is 28.8 Å². The first-order valence-electron chi connectivity index (χ1n) is 6.68. The third-order valence-electron chi connectivity index (χ3n) is 3.80. The molecule has 100 valence electrons. The minimum absolute atomic E-state index is 0.549. The Hall–Kier alpha value is -0.730. The molecule has 1 saturated carbocycles. The van der Waals surface area contributed by atoms with E-state index in [0.717, 1.165) is 17.3 Å². The summed E-state index contributed by atoms with van der Waals surface area (Å²) in [6.45, 7) is 5.46. The highest BCUT2D eigenvalue weighted by Crippen LogP contribution is 2.46. The van der Waals surface area contributed by atoms with Gasteiger partial charge in [-0.1, -0.05) is 25.4 Å². The van der Waals surface area contributed by atoms with E-state index in [2.05, 4.69) is 25.2 Å². The van der Waals surface area contributed by atoms with Crippen molar-refractivity contribution in [1.29, 1.82) is 0 Å². The lowest BCUT2D eigenvalue weighted by atomic mass is 9.69. The number of methoxy groups -OCH3 is 1. The largest absolute Gasteiger partial charge is 0.496 e. The van der Waals surface area contributed by atoms with E-state index in [-0.39, 0.29) is 0 Å². The lowest BCUT2D eigenvalue weighted by molar-refractivity contribution is 0.235. The summed E-state index contributed by atoms with van der Waals surface area (Å²) in [4.78, 5) is 0. The molecule has 2 atom stereocenters. The summed E-state index contributed by atoms with van der Waals surface area (Å²) in [5.74, 6) is 2.27. The van der Waals surface area contributed by atoms with E-state index < -0.39 is 0 Å². The maximum absolute atomic E-state index is 6.10. The molecule has 0 aromatic heterocycles. The summed E-state index contributed by atoms with van der Waals surface area (Å²) in [5.41, 5.74) is 1.27. The van der Waals surface area contributed by atoms with Crippen molar-refractivity contribution in [2.45, 2.75) is 38.6 Å². The quantitative estimate of drug-likeness (QED) is 0.875. The molecule has 1 aliphatic carbocycles. The molecule has 1 fully saturated rings. The average Bonchev–Trinajstić information content (AvgIpc) is 2.27. The molecule has 0 heterocycles. The van der Waals surface area contributed by atoms with E-state index in [4.69, 9.17) is 16.3 Å². The molecule has 2 rings (SSSR count). The fourth-order valence-electron chi connectivity index (χ4n) is 2.60. The monoisotopic (exact) mass is 267 g/mol. The Bertz CT molecular complexity index is 405. The molecule has 1 N–H and O–H groups in total. The van der Waals surface area contributed by atoms with Crippen LogP contribution >= 0.6 is 11.6 Å². The summed E-state index contributed by atoms with van der Waals surface area (Å²) >= 11 is 6.10. The summed E-state index contributed by atoms with van der Waals surface area (Å²) < 4.78 is 5.45. The minimum Gasteiger partial charge on any atom is -0.496 e. The minimum atomic E-state index is 0.549. The first-order valence-corrected chi connectivity index (χ1v) is 7.06. The van der Waals surface area contributed by atoms with Crippen molar-refractivity contribution < 1.29 is 4.74 Å². The predicted octanol–water partition coefficient (Wildman–Crippen LogP) is 3.84. The molecule has 0 spiro atoms. The van der Waals surface area contributed by atoms with Crippen LogP contribution in [0.1, 0.15) is 38.2 Å². The van der Waals surface area contributed by atoms with Gasteiger partial charge in [0.25, 0.3) is 0 Å². The van der Waals surface area contributed by atoms with Gasteiger partial charge in [-0.15, -0.1) is 0 Å². The molecular weight excluding hydrogens is 246 g/mol. The highest BCUT2D eigenvalue weighted by atomic mass is 35.5. The Morgan fingerprint density at radius 3 is 2.72 bits per heavy atom. The highest BCUT2D eigenvalue weighted by Gasteiger charge is 2.33. The number of halogens is 1. The van der Waals surface area contributed by atoms with Crippen LogP contribution in [-0.2, 0) is 0 Å². The molecule has 0 radical (unpaired) electrons. The predicted molar refractivity (Wildman–Crippen MR) is 76.6 cm³/mol. The second-order valence-electron chi connectivity index (χ2n) is 5.39. The van der Waals surface area contributed by atoms with Crippen molar-refractivity contribution in [1.82, 2.24) is 5.32 Å². The van der Waals surface area contributed by atoms with Gasteiger partial charge in [0.2, 0.25) is 0 Å². The van der Waals surface area contributed by atoms with Crippen LogP contribution in [0, 0.1) is 5.92 Å². The zero-order chi connectivity index (χ0) is 13.1. The van der Waals surface area contributed by atoms with Gasteiger partial charge in [0.05, 0.1) is 7.11 Å². The Balaban J connectivity index is 2.09. The molecule has 1 aromatic carbocycles. The summed E-state index contributed by atoms with van der Waals surface area (Å²) in [6.07, 6.45) is 2.53. The Labute approximate surface area is 115 Å². The maximum Gasteiger partial charge on any atom is 0.122 e. The molecule has 1 aliphatic rings. The van der Waals surface area contributed by atoms with Gasteiger partial charge in [0.1, 0.15) is 5.75 Å². The number of nitrogens with one attached hydrogen (secondary N) is 1. The second-order valence-corrected chi connectivity index (χ2v) is 5.83. The number of hydrogen-bond donors (Lipinski definition) is 1. The fraction of sp³-hybridized carbons (Fsp3) is 0.600. The van der Waals surface area contributed by atoms with Gasteiger partial charge in [-0.3, -0.25) is 0 Å². The zero-order valence-corrected chi connectivity index (χ0v) is 12.1. The topological polar surface area (TPSA) is 21.3 Å². The molecule has 3 heteroatoms. The van der Waals surface area contributed by atoms with Crippen LogP contribution in [-0.4, -0.2) is 19.7 Å². The van der Waals surface area contributed by atoms with Gasteiger partial charge in [-0.05, 0) is 55.0 Å². The van der Waals surface area contributed by atoms with Crippen LogP contribution in [0.25, 0.3) is 0 Å². The van der Waals surface area contributed by atoms with Crippen LogP contribution < -0.4 is 10.1 Å². The summed E-state index contributed by atoms with van der Waals surface area (Å²) in [5, 5.41) is 4.32. The molecule has 0 aliphatic heterocycles. The lowest BCUT2D eigenvalue weighted by Crippen LogP contribution is -2.36. The van der Waals surface area contributed by atoms with E-state index in [1.165, 1.54) is 18.4 Å². The van der Waals surface area contributed by atoms with Crippen LogP contribution in [0.5, 0.6) is 5.75 Å². The second kappa shape index (κ2) is 5.94. The molecule has 18 heavy (non-hydrogen) atoms. The third kappa shape index (κ3) is 2.99. The van der Waals surface area contributed by atoms with Crippen LogP contribution in [0.3, 0.4) is 0 Å². The van der Waals surface area contributed by atoms with Crippen LogP contribution in [0.2, 0.25) is 5.02 Å². The molecule has 0 saturated heterocycles. The van der Waals surface area contributed by atoms with E-state index in [0.29, 0.717) is 17.9 Å². The number of hydrogen-bond acceptors (Lipinski definition) is 2. The summed E-state index contributed by atoms with van der Waals surface area (Å²) in [7, 11) is 1.73. The standard InChI is InChI=1S/C15H22ClNO/c1-10(2)17-9-11-4-6-13(11)14-8-12(16)5-7-15(14)18-3/h5,7-8,10-11,13,17H,4,6,9H2,1-3H3. The van der Waals surface area contributed by atoms with E-state index >= 15 is 0 Å². The van der Waals surface area contributed by atoms with E-state index in [1.54, 1.807) is 7.11 Å². The van der Waals surface area contributed by atoms with Crippen molar-refractivity contribution in [2.24, 2.45) is 5.92 Å². The van der Waals surface area contributed by atoms with Gasteiger partial charge in [0.15, 0.2) is 0 Å². The van der Waals surface area contributed by atoms with Crippen LogP contribution in [0.15, 0.2) is 18.2 Å². The van der Waals surface area contributed by atoms with Gasteiger partial charge in [-0.25, -0.2) is 0 Å². The van der Waals surface area contributed by atoms with Gasteiger partial charge < -0.3 is 10.1 Å². The molecule has 2 unspecified atom stereocenters. The lowest BCUT2D eigenvalue weighted by Gasteiger charge is -2.38. The Kier molecular flexibility index (Phi) is 4.52. The SMILES string of the molecule is COc1ccc(Cl)cc1C1CCC1CNC(C)C. The molecule has 1 aromatic rings. The van der Waals surface area contributed by atoms with Crippen molar-refractivity contribution in [3.63, 3.8) is 0 Å². The van der Waals surface area contributed by atoms with Crippen molar-refractivity contribution in [3.8, 4) is 5.75 Å². The number of benzene rings is 1. The Morgan fingerprint density at radius 1 is 1.39 bits per heavy atom. The number of ether oxygens (including phenoxy) is 1. The van der Waals surface area contributed by atoms with Crippen molar-refractivity contribution in [2.75, 3.05) is 13.7 Å². The molecule has 0 amide bonds. The molecule has 2 nitrogen and oxygen atoms in total. The van der Waals surface area contributed by atoms with Gasteiger partial charge in [-0.2, -0.15) is 0 Å². The molecular formula is C15H22ClNO. The summed E-state index contributed by atoms with van der Waals surface area (Å²) in [6, 6.07) is 6.48.